The molecule has 0 bridgehead atoms. The van der Waals surface area contributed by atoms with Gasteiger partial charge in [0.25, 0.3) is 5.91 Å². The third-order valence-corrected chi connectivity index (χ3v) is 4.28. The van der Waals surface area contributed by atoms with E-state index in [4.69, 9.17) is 21.1 Å². The van der Waals surface area contributed by atoms with Crippen LogP contribution in [-0.4, -0.2) is 20.1 Å². The molecule has 0 saturated carbocycles. The van der Waals surface area contributed by atoms with Crippen LogP contribution in [0.15, 0.2) is 66.7 Å². The van der Waals surface area contributed by atoms with Crippen LogP contribution in [0.25, 0.3) is 0 Å². The molecule has 0 radical (unpaired) electrons. The standard InChI is InChI=1S/C21H19ClN2O3/c1-26-16-11-12-19(20(13-16)27-2)23-14-7-9-15(10-8-14)24-21(25)17-5-3-4-6-18(17)22/h3-13,23H,1-2H3,(H,24,25). The fourth-order valence-electron chi connectivity index (χ4n) is 2.54. The molecule has 5 nitrogen and oxygen atoms in total. The zero-order valence-corrected chi connectivity index (χ0v) is 15.7. The smallest absolute Gasteiger partial charge is 0.257 e. The number of carbonyl (C=O) groups is 1. The molecular formula is C21H19ClN2O3. The molecule has 2 N–H and O–H groups in total. The minimum atomic E-state index is -0.252. The molecule has 0 atom stereocenters. The van der Waals surface area contributed by atoms with Gasteiger partial charge in [-0.25, -0.2) is 0 Å². The summed E-state index contributed by atoms with van der Waals surface area (Å²) >= 11 is 6.06. The predicted molar refractivity (Wildman–Crippen MR) is 109 cm³/mol. The van der Waals surface area contributed by atoms with Crippen LogP contribution in [0.1, 0.15) is 10.4 Å². The summed E-state index contributed by atoms with van der Waals surface area (Å²) in [5.74, 6) is 1.14. The highest BCUT2D eigenvalue weighted by Crippen LogP contribution is 2.31. The summed E-state index contributed by atoms with van der Waals surface area (Å²) in [6, 6.07) is 19.8. The number of carbonyl (C=O) groups excluding carboxylic acids is 1. The number of amides is 1. The van der Waals surface area contributed by atoms with Crippen LogP contribution in [0.4, 0.5) is 17.1 Å². The van der Waals surface area contributed by atoms with E-state index in [1.807, 2.05) is 36.4 Å². The van der Waals surface area contributed by atoms with Gasteiger partial charge in [-0.05, 0) is 48.5 Å². The summed E-state index contributed by atoms with van der Waals surface area (Å²) < 4.78 is 10.6. The Morgan fingerprint density at radius 2 is 1.59 bits per heavy atom. The molecule has 0 aromatic heterocycles. The number of hydrogen-bond donors (Lipinski definition) is 2. The van der Waals surface area contributed by atoms with Crippen molar-refractivity contribution in [2.24, 2.45) is 0 Å². The number of hydrogen-bond acceptors (Lipinski definition) is 4. The Morgan fingerprint density at radius 1 is 0.889 bits per heavy atom. The summed E-state index contributed by atoms with van der Waals surface area (Å²) in [6.07, 6.45) is 0. The number of nitrogens with one attached hydrogen (secondary N) is 2. The summed E-state index contributed by atoms with van der Waals surface area (Å²) in [6.45, 7) is 0. The first-order chi connectivity index (χ1) is 13.1. The van der Waals surface area contributed by atoms with Crippen molar-refractivity contribution >= 4 is 34.6 Å². The Morgan fingerprint density at radius 3 is 2.26 bits per heavy atom. The molecule has 3 rings (SSSR count). The van der Waals surface area contributed by atoms with Gasteiger partial charge in [0.05, 0.1) is 30.5 Å². The molecule has 0 spiro atoms. The Kier molecular flexibility index (Phi) is 5.84. The Bertz CT molecular complexity index is 942. The first-order valence-electron chi connectivity index (χ1n) is 8.25. The summed E-state index contributed by atoms with van der Waals surface area (Å²) in [5, 5.41) is 6.53. The highest BCUT2D eigenvalue weighted by molar-refractivity contribution is 6.34. The lowest BCUT2D eigenvalue weighted by Crippen LogP contribution is -2.12. The van der Waals surface area contributed by atoms with E-state index in [0.29, 0.717) is 22.0 Å². The number of methoxy groups -OCH3 is 2. The van der Waals surface area contributed by atoms with Gasteiger partial charge in [0.2, 0.25) is 0 Å². The third kappa shape index (κ3) is 4.51. The van der Waals surface area contributed by atoms with Gasteiger partial charge in [-0.15, -0.1) is 0 Å². The van der Waals surface area contributed by atoms with E-state index in [1.165, 1.54) is 0 Å². The van der Waals surface area contributed by atoms with Gasteiger partial charge in [-0.3, -0.25) is 4.79 Å². The topological polar surface area (TPSA) is 59.6 Å². The Labute approximate surface area is 162 Å². The highest BCUT2D eigenvalue weighted by atomic mass is 35.5. The molecule has 3 aromatic rings. The van der Waals surface area contributed by atoms with Gasteiger partial charge < -0.3 is 20.1 Å². The van der Waals surface area contributed by atoms with Crippen molar-refractivity contribution < 1.29 is 14.3 Å². The second-order valence-electron chi connectivity index (χ2n) is 5.70. The van der Waals surface area contributed by atoms with Crippen molar-refractivity contribution in [2.75, 3.05) is 24.9 Å². The molecular weight excluding hydrogens is 364 g/mol. The molecule has 0 fully saturated rings. The molecule has 0 unspecified atom stereocenters. The number of rotatable bonds is 6. The molecule has 0 saturated heterocycles. The van der Waals surface area contributed by atoms with Gasteiger partial charge in [0.1, 0.15) is 11.5 Å². The van der Waals surface area contributed by atoms with Gasteiger partial charge in [0, 0.05) is 17.4 Å². The summed E-state index contributed by atoms with van der Waals surface area (Å²) in [7, 11) is 3.21. The minimum absolute atomic E-state index is 0.252. The fraction of sp³-hybridized carbons (Fsp3) is 0.0952. The van der Waals surface area contributed by atoms with E-state index in [-0.39, 0.29) is 5.91 Å². The lowest BCUT2D eigenvalue weighted by Gasteiger charge is -2.13. The molecule has 1 amide bonds. The lowest BCUT2D eigenvalue weighted by atomic mass is 10.2. The van der Waals surface area contributed by atoms with Gasteiger partial charge >= 0.3 is 0 Å². The van der Waals surface area contributed by atoms with Crippen molar-refractivity contribution in [1.29, 1.82) is 0 Å². The Balaban J connectivity index is 1.71. The lowest BCUT2D eigenvalue weighted by molar-refractivity contribution is 0.102. The van der Waals surface area contributed by atoms with E-state index in [2.05, 4.69) is 10.6 Å². The van der Waals surface area contributed by atoms with E-state index in [9.17, 15) is 4.79 Å². The van der Waals surface area contributed by atoms with E-state index in [0.717, 1.165) is 17.1 Å². The summed E-state index contributed by atoms with van der Waals surface area (Å²) in [5.41, 5.74) is 2.77. The van der Waals surface area contributed by atoms with E-state index < -0.39 is 0 Å². The van der Waals surface area contributed by atoms with Crippen LogP contribution >= 0.6 is 11.6 Å². The van der Waals surface area contributed by atoms with Gasteiger partial charge in [-0.2, -0.15) is 0 Å². The van der Waals surface area contributed by atoms with Crippen molar-refractivity contribution in [1.82, 2.24) is 0 Å². The third-order valence-electron chi connectivity index (χ3n) is 3.95. The molecule has 0 heterocycles. The molecule has 138 valence electrons. The van der Waals surface area contributed by atoms with Crippen LogP contribution in [0, 0.1) is 0 Å². The number of halogens is 1. The van der Waals surface area contributed by atoms with Crippen molar-refractivity contribution in [2.45, 2.75) is 0 Å². The number of benzene rings is 3. The average molecular weight is 383 g/mol. The second-order valence-corrected chi connectivity index (χ2v) is 6.11. The minimum Gasteiger partial charge on any atom is -0.497 e. The normalized spacial score (nSPS) is 10.2. The average Bonchev–Trinajstić information content (AvgIpc) is 2.70. The highest BCUT2D eigenvalue weighted by Gasteiger charge is 2.10. The van der Waals surface area contributed by atoms with E-state index >= 15 is 0 Å². The maximum absolute atomic E-state index is 12.3. The van der Waals surface area contributed by atoms with Crippen LogP contribution in [0.5, 0.6) is 11.5 Å². The van der Waals surface area contributed by atoms with Crippen molar-refractivity contribution in [3.63, 3.8) is 0 Å². The SMILES string of the molecule is COc1ccc(Nc2ccc(NC(=O)c3ccccc3Cl)cc2)c(OC)c1. The van der Waals surface area contributed by atoms with Crippen LogP contribution in [0.2, 0.25) is 5.02 Å². The van der Waals surface area contributed by atoms with Gasteiger partial charge in [0.15, 0.2) is 0 Å². The molecule has 0 aliphatic carbocycles. The predicted octanol–water partition coefficient (Wildman–Crippen LogP) is 5.35. The van der Waals surface area contributed by atoms with Crippen LogP contribution in [0.3, 0.4) is 0 Å². The molecule has 0 aliphatic heterocycles. The van der Waals surface area contributed by atoms with E-state index in [1.54, 1.807) is 44.6 Å². The maximum Gasteiger partial charge on any atom is 0.257 e. The molecule has 0 aliphatic rings. The first-order valence-corrected chi connectivity index (χ1v) is 8.63. The Hall–Kier alpha value is -3.18. The number of ether oxygens (including phenoxy) is 2. The quantitative estimate of drug-likeness (QED) is 0.603. The zero-order chi connectivity index (χ0) is 19.2. The van der Waals surface area contributed by atoms with Crippen LogP contribution < -0.4 is 20.1 Å². The molecule has 27 heavy (non-hydrogen) atoms. The monoisotopic (exact) mass is 382 g/mol. The largest absolute Gasteiger partial charge is 0.497 e. The molecule has 3 aromatic carbocycles. The van der Waals surface area contributed by atoms with Crippen molar-refractivity contribution in [3.05, 3.63) is 77.3 Å². The number of anilines is 3. The fourth-order valence-corrected chi connectivity index (χ4v) is 2.76. The first kappa shape index (κ1) is 18.6. The summed E-state index contributed by atoms with van der Waals surface area (Å²) in [4.78, 5) is 12.3. The molecule has 6 heteroatoms. The van der Waals surface area contributed by atoms with Gasteiger partial charge in [-0.1, -0.05) is 23.7 Å². The second kappa shape index (κ2) is 8.47. The van der Waals surface area contributed by atoms with Crippen molar-refractivity contribution in [3.8, 4) is 11.5 Å². The van der Waals surface area contributed by atoms with Crippen LogP contribution in [-0.2, 0) is 0 Å². The maximum atomic E-state index is 12.3. The zero-order valence-electron chi connectivity index (χ0n) is 15.0.